The van der Waals surface area contributed by atoms with E-state index in [9.17, 15) is 4.55 Å². The Morgan fingerprint density at radius 1 is 1.24 bits per heavy atom. The van der Waals surface area contributed by atoms with Gasteiger partial charge in [-0.1, -0.05) is 30.5 Å². The van der Waals surface area contributed by atoms with Crippen LogP contribution in [0.2, 0.25) is 5.02 Å². The molecule has 3 aromatic rings. The van der Waals surface area contributed by atoms with Crippen molar-refractivity contribution in [2.45, 2.75) is 44.1 Å². The molecule has 3 heterocycles. The SMILES string of the molecule is COc1cccc(-c2nnc(N[S+]([O-])C(C)C(OC)c3ncc(Cl)cn3)n2CCC2CC2)n1. The molecule has 0 bridgehead atoms. The number of halogens is 1. The molecule has 0 amide bonds. The van der Waals surface area contributed by atoms with E-state index in [0.717, 1.165) is 6.42 Å². The zero-order valence-corrected chi connectivity index (χ0v) is 20.2. The maximum Gasteiger partial charge on any atom is 0.266 e. The average Bonchev–Trinajstić information content (AvgIpc) is 3.58. The Balaban J connectivity index is 1.56. The number of anilines is 1. The van der Waals surface area contributed by atoms with Gasteiger partial charge in [0.15, 0.2) is 23.0 Å². The summed E-state index contributed by atoms with van der Waals surface area (Å²) in [6.07, 6.45) is 5.83. The van der Waals surface area contributed by atoms with Crippen LogP contribution < -0.4 is 9.46 Å². The quantitative estimate of drug-likeness (QED) is 0.401. The van der Waals surface area contributed by atoms with Crippen LogP contribution in [0.15, 0.2) is 30.6 Å². The zero-order chi connectivity index (χ0) is 23.4. The number of pyridine rings is 1. The molecule has 1 fully saturated rings. The fraction of sp³-hybridized carbons (Fsp3) is 0.476. The number of rotatable bonds is 11. The monoisotopic (exact) mass is 491 g/mol. The second kappa shape index (κ2) is 10.6. The Morgan fingerprint density at radius 2 is 2.00 bits per heavy atom. The van der Waals surface area contributed by atoms with E-state index in [1.807, 2.05) is 16.7 Å². The molecule has 3 atom stereocenters. The fourth-order valence-corrected chi connectivity index (χ4v) is 4.49. The predicted molar refractivity (Wildman–Crippen MR) is 125 cm³/mol. The van der Waals surface area contributed by atoms with Crippen LogP contribution in [0, 0.1) is 5.92 Å². The number of hydrogen-bond acceptors (Lipinski definition) is 9. The van der Waals surface area contributed by atoms with Crippen LogP contribution in [-0.2, 0) is 22.6 Å². The number of hydrogen-bond donors (Lipinski definition) is 1. The summed E-state index contributed by atoms with van der Waals surface area (Å²) in [5, 5.41) is 8.55. The molecule has 3 aromatic heterocycles. The Kier molecular flexibility index (Phi) is 7.63. The molecule has 1 saturated carbocycles. The summed E-state index contributed by atoms with van der Waals surface area (Å²) in [6, 6.07) is 5.47. The van der Waals surface area contributed by atoms with Crippen molar-refractivity contribution >= 4 is 28.9 Å². The minimum atomic E-state index is -1.57. The smallest absolute Gasteiger partial charge is 0.266 e. The van der Waals surface area contributed by atoms with Gasteiger partial charge in [0, 0.05) is 32.1 Å². The van der Waals surface area contributed by atoms with Crippen molar-refractivity contribution < 1.29 is 14.0 Å². The molecule has 0 spiro atoms. The van der Waals surface area contributed by atoms with Crippen LogP contribution in [-0.4, -0.2) is 53.7 Å². The molecular formula is C21H26ClN7O3S. The molecule has 4 rings (SSSR count). The highest BCUT2D eigenvalue weighted by atomic mass is 35.5. The molecule has 0 aliphatic heterocycles. The third-order valence-corrected chi connectivity index (χ3v) is 6.98. The van der Waals surface area contributed by atoms with Crippen LogP contribution in [0.25, 0.3) is 11.5 Å². The molecule has 3 unspecified atom stereocenters. The first-order chi connectivity index (χ1) is 16.0. The molecule has 0 radical (unpaired) electrons. The summed E-state index contributed by atoms with van der Waals surface area (Å²) in [7, 11) is 3.10. The van der Waals surface area contributed by atoms with Gasteiger partial charge in [0.25, 0.3) is 5.95 Å². The highest BCUT2D eigenvalue weighted by Crippen LogP contribution is 2.34. The minimum absolute atomic E-state index is 0.404. The van der Waals surface area contributed by atoms with Crippen molar-refractivity contribution in [3.63, 3.8) is 0 Å². The summed E-state index contributed by atoms with van der Waals surface area (Å²) in [4.78, 5) is 12.9. The van der Waals surface area contributed by atoms with Gasteiger partial charge in [-0.15, -0.1) is 10.2 Å². The lowest BCUT2D eigenvalue weighted by molar-refractivity contribution is 0.0950. The number of nitrogens with zero attached hydrogens (tertiary/aromatic N) is 6. The van der Waals surface area contributed by atoms with Gasteiger partial charge >= 0.3 is 0 Å². The molecule has 12 heteroatoms. The van der Waals surface area contributed by atoms with Crippen LogP contribution >= 0.6 is 11.6 Å². The third kappa shape index (κ3) is 5.72. The Hall–Kier alpha value is -2.47. The Labute approximate surface area is 200 Å². The van der Waals surface area contributed by atoms with Gasteiger partial charge in [0.1, 0.15) is 5.69 Å². The molecule has 0 aromatic carbocycles. The van der Waals surface area contributed by atoms with Gasteiger partial charge in [-0.3, -0.25) is 4.57 Å². The second-order valence-electron chi connectivity index (χ2n) is 7.82. The molecule has 10 nitrogen and oxygen atoms in total. The van der Waals surface area contributed by atoms with E-state index in [0.29, 0.717) is 46.7 Å². The number of nitrogens with one attached hydrogen (secondary N) is 1. The highest BCUT2D eigenvalue weighted by Gasteiger charge is 2.33. The highest BCUT2D eigenvalue weighted by molar-refractivity contribution is 7.93. The fourth-order valence-electron chi connectivity index (χ4n) is 3.42. The van der Waals surface area contributed by atoms with Crippen LogP contribution in [0.1, 0.15) is 38.1 Å². The van der Waals surface area contributed by atoms with Gasteiger partial charge < -0.3 is 14.0 Å². The van der Waals surface area contributed by atoms with E-state index in [1.165, 1.54) is 32.3 Å². The van der Waals surface area contributed by atoms with E-state index >= 15 is 0 Å². The molecule has 1 N–H and O–H groups in total. The summed E-state index contributed by atoms with van der Waals surface area (Å²) < 4.78 is 29.0. The van der Waals surface area contributed by atoms with E-state index in [2.05, 4.69) is 29.9 Å². The van der Waals surface area contributed by atoms with Crippen molar-refractivity contribution in [2.75, 3.05) is 18.9 Å². The van der Waals surface area contributed by atoms with Gasteiger partial charge in [-0.05, 0) is 25.3 Å². The molecule has 1 aliphatic rings. The first-order valence-electron chi connectivity index (χ1n) is 10.6. The summed E-state index contributed by atoms with van der Waals surface area (Å²) in [5.74, 6) is 2.59. The third-order valence-electron chi connectivity index (χ3n) is 5.48. The molecule has 176 valence electrons. The second-order valence-corrected chi connectivity index (χ2v) is 9.80. The minimum Gasteiger partial charge on any atom is -0.593 e. The number of aromatic nitrogens is 6. The standard InChI is InChI=1S/C21H26ClN7O3S/c1-13(18(32-3)19-23-11-15(22)12-24-19)33(30)28-21-27-26-20(29(21)10-9-14-7-8-14)16-5-4-6-17(25-16)31-2/h4-6,11-14,18H,7-10H2,1-3H3,(H,27,28). The van der Waals surface area contributed by atoms with E-state index < -0.39 is 22.7 Å². The maximum atomic E-state index is 13.2. The Morgan fingerprint density at radius 3 is 2.67 bits per heavy atom. The number of ether oxygens (including phenoxy) is 2. The first kappa shape index (κ1) is 23.7. The van der Waals surface area contributed by atoms with Crippen molar-refractivity contribution in [1.82, 2.24) is 29.7 Å². The topological polar surface area (TPSA) is 123 Å². The molecule has 1 aliphatic carbocycles. The van der Waals surface area contributed by atoms with E-state index in [-0.39, 0.29) is 0 Å². The number of methoxy groups -OCH3 is 2. The van der Waals surface area contributed by atoms with Crippen LogP contribution in [0.3, 0.4) is 0 Å². The average molecular weight is 492 g/mol. The summed E-state index contributed by atoms with van der Waals surface area (Å²) in [6.45, 7) is 2.48. The lowest BCUT2D eigenvalue weighted by atomic mass is 10.2. The van der Waals surface area contributed by atoms with Crippen LogP contribution in [0.5, 0.6) is 5.88 Å². The zero-order valence-electron chi connectivity index (χ0n) is 18.6. The first-order valence-corrected chi connectivity index (χ1v) is 12.2. The van der Waals surface area contributed by atoms with E-state index in [4.69, 9.17) is 21.1 Å². The summed E-state index contributed by atoms with van der Waals surface area (Å²) >= 11 is 4.32. The van der Waals surface area contributed by atoms with Crippen molar-refractivity contribution in [3.8, 4) is 17.4 Å². The van der Waals surface area contributed by atoms with Gasteiger partial charge in [-0.25, -0.2) is 15.0 Å². The van der Waals surface area contributed by atoms with Crippen LogP contribution in [0.4, 0.5) is 5.95 Å². The lowest BCUT2D eigenvalue weighted by Crippen LogP contribution is -2.33. The molecular weight excluding hydrogens is 466 g/mol. The van der Waals surface area contributed by atoms with Crippen molar-refractivity contribution in [3.05, 3.63) is 41.4 Å². The largest absolute Gasteiger partial charge is 0.593 e. The Bertz CT molecular complexity index is 1060. The summed E-state index contributed by atoms with van der Waals surface area (Å²) in [5.41, 5.74) is 0.633. The normalized spacial score (nSPS) is 16.3. The van der Waals surface area contributed by atoms with Crippen molar-refractivity contribution in [2.24, 2.45) is 5.92 Å². The van der Waals surface area contributed by atoms with Gasteiger partial charge in [0.05, 0.1) is 23.5 Å². The lowest BCUT2D eigenvalue weighted by Gasteiger charge is -2.24. The van der Waals surface area contributed by atoms with Gasteiger partial charge in [-0.2, -0.15) is 4.72 Å². The molecule has 0 saturated heterocycles. The molecule has 33 heavy (non-hydrogen) atoms. The maximum absolute atomic E-state index is 13.2. The van der Waals surface area contributed by atoms with Crippen molar-refractivity contribution in [1.29, 1.82) is 0 Å². The van der Waals surface area contributed by atoms with E-state index in [1.54, 1.807) is 20.1 Å². The predicted octanol–water partition coefficient (Wildman–Crippen LogP) is 3.44. The van der Waals surface area contributed by atoms with Gasteiger partial charge in [0.2, 0.25) is 5.88 Å².